The number of nitrogens with one attached hydrogen (secondary N) is 1. The maximum Gasteiger partial charge on any atom is 0.271 e. The molecule has 1 aromatic carbocycles. The zero-order valence-corrected chi connectivity index (χ0v) is 17.1. The zero-order chi connectivity index (χ0) is 19.6. The highest BCUT2D eigenvalue weighted by Crippen LogP contribution is 2.22. The van der Waals surface area contributed by atoms with Crippen LogP contribution >= 0.6 is 11.3 Å². The molecule has 0 aliphatic heterocycles. The van der Waals surface area contributed by atoms with Crippen molar-refractivity contribution < 1.29 is 4.79 Å². The molecule has 3 rings (SSSR count). The molecule has 140 valence electrons. The van der Waals surface area contributed by atoms with Gasteiger partial charge in [-0.05, 0) is 43.0 Å². The summed E-state index contributed by atoms with van der Waals surface area (Å²) in [5.74, 6) is -0.222. The number of rotatable bonds is 4. The van der Waals surface area contributed by atoms with Gasteiger partial charge in [0.05, 0.1) is 6.21 Å². The van der Waals surface area contributed by atoms with Gasteiger partial charge in [-0.15, -0.1) is 11.3 Å². The maximum absolute atomic E-state index is 12.3. The Balaban J connectivity index is 1.71. The molecule has 5 nitrogen and oxygen atoms in total. The lowest BCUT2D eigenvalue weighted by molar-refractivity contribution is 0.0955. The van der Waals surface area contributed by atoms with Crippen LogP contribution in [0.1, 0.15) is 53.6 Å². The van der Waals surface area contributed by atoms with Crippen LogP contribution in [0.15, 0.2) is 47.0 Å². The molecule has 0 spiro atoms. The normalized spacial score (nSPS) is 11.9. The third-order valence-electron chi connectivity index (χ3n) is 4.46. The van der Waals surface area contributed by atoms with Gasteiger partial charge < -0.3 is 0 Å². The first-order chi connectivity index (χ1) is 12.8. The molecule has 0 atom stereocenters. The van der Waals surface area contributed by atoms with E-state index in [4.69, 9.17) is 0 Å². The van der Waals surface area contributed by atoms with E-state index in [1.807, 2.05) is 49.6 Å². The fourth-order valence-electron chi connectivity index (χ4n) is 2.89. The minimum absolute atomic E-state index is 0.0626. The zero-order valence-electron chi connectivity index (χ0n) is 16.3. The van der Waals surface area contributed by atoms with Crippen LogP contribution in [-0.4, -0.2) is 21.7 Å². The number of carbonyl (C=O) groups excluding carboxylic acids is 1. The summed E-state index contributed by atoms with van der Waals surface area (Å²) >= 11 is 1.58. The summed E-state index contributed by atoms with van der Waals surface area (Å²) < 4.78 is 2.08. The van der Waals surface area contributed by atoms with Gasteiger partial charge in [0.2, 0.25) is 0 Å². The smallest absolute Gasteiger partial charge is 0.271 e. The molecule has 1 amide bonds. The van der Waals surface area contributed by atoms with Crippen molar-refractivity contribution in [3.63, 3.8) is 0 Å². The molecule has 0 aliphatic carbocycles. The minimum Gasteiger partial charge on any atom is -0.294 e. The molecular weight excluding hydrogens is 356 g/mol. The van der Waals surface area contributed by atoms with Gasteiger partial charge in [-0.1, -0.05) is 32.9 Å². The molecule has 0 saturated heterocycles. The quantitative estimate of drug-likeness (QED) is 0.531. The number of aryl methyl sites for hydroxylation is 1. The van der Waals surface area contributed by atoms with Crippen molar-refractivity contribution in [1.29, 1.82) is 0 Å². The number of carbonyl (C=O) groups is 1. The summed E-state index contributed by atoms with van der Waals surface area (Å²) in [6, 6.07) is 9.67. The monoisotopic (exact) mass is 380 g/mol. The van der Waals surface area contributed by atoms with Crippen molar-refractivity contribution in [2.24, 2.45) is 5.10 Å². The Kier molecular flexibility index (Phi) is 5.28. The molecule has 2 heterocycles. The molecule has 0 bridgehead atoms. The van der Waals surface area contributed by atoms with Crippen molar-refractivity contribution in [3.05, 3.63) is 70.0 Å². The van der Waals surface area contributed by atoms with E-state index < -0.39 is 0 Å². The first-order valence-electron chi connectivity index (χ1n) is 8.80. The molecule has 0 radical (unpaired) electrons. The highest BCUT2D eigenvalue weighted by molar-refractivity contribution is 7.12. The van der Waals surface area contributed by atoms with Crippen molar-refractivity contribution in [2.45, 2.75) is 40.0 Å². The predicted molar refractivity (Wildman–Crippen MR) is 111 cm³/mol. The molecule has 27 heavy (non-hydrogen) atoms. The SMILES string of the molecule is Cc1cc(/C=N\NC(=O)c2ccc(C(C)(C)C)cc2)c(C)n1-c1nccs1. The van der Waals surface area contributed by atoms with Crippen LogP contribution in [0.25, 0.3) is 5.13 Å². The van der Waals surface area contributed by atoms with Crippen LogP contribution in [-0.2, 0) is 5.41 Å². The highest BCUT2D eigenvalue weighted by atomic mass is 32.1. The van der Waals surface area contributed by atoms with Crippen LogP contribution in [0.4, 0.5) is 0 Å². The fourth-order valence-corrected chi connectivity index (χ4v) is 3.64. The van der Waals surface area contributed by atoms with Gasteiger partial charge >= 0.3 is 0 Å². The molecular formula is C21H24N4OS. The molecule has 0 aliphatic rings. The number of nitrogens with zero attached hydrogens (tertiary/aromatic N) is 3. The van der Waals surface area contributed by atoms with E-state index in [1.165, 1.54) is 5.56 Å². The third-order valence-corrected chi connectivity index (χ3v) is 5.22. The van der Waals surface area contributed by atoms with Crippen molar-refractivity contribution in [3.8, 4) is 5.13 Å². The van der Waals surface area contributed by atoms with Crippen molar-refractivity contribution in [2.75, 3.05) is 0 Å². The standard InChI is InChI=1S/C21H24N4OS/c1-14-12-17(15(2)25(14)20-22-10-11-27-20)13-23-24-19(26)16-6-8-18(9-7-16)21(3,4)5/h6-13H,1-5H3,(H,24,26)/b23-13-. The summed E-state index contributed by atoms with van der Waals surface area (Å²) in [5, 5.41) is 7.01. The average molecular weight is 381 g/mol. The Morgan fingerprint density at radius 1 is 1.22 bits per heavy atom. The fraction of sp³-hybridized carbons (Fsp3) is 0.286. The van der Waals surface area contributed by atoms with Crippen molar-refractivity contribution >= 4 is 23.5 Å². The third kappa shape index (κ3) is 4.17. The van der Waals surface area contributed by atoms with E-state index in [9.17, 15) is 4.79 Å². The Hall–Kier alpha value is -2.73. The van der Waals surface area contributed by atoms with E-state index >= 15 is 0 Å². The molecule has 2 aromatic heterocycles. The van der Waals surface area contributed by atoms with Gasteiger partial charge in [-0.2, -0.15) is 5.10 Å². The second-order valence-electron chi connectivity index (χ2n) is 7.50. The van der Waals surface area contributed by atoms with Crippen LogP contribution in [0.2, 0.25) is 0 Å². The molecule has 1 N–H and O–H groups in total. The van der Waals surface area contributed by atoms with E-state index in [-0.39, 0.29) is 11.3 Å². The predicted octanol–water partition coefficient (Wildman–Crippen LogP) is 4.61. The highest BCUT2D eigenvalue weighted by Gasteiger charge is 2.14. The van der Waals surface area contributed by atoms with E-state index in [1.54, 1.807) is 23.7 Å². The molecule has 0 saturated carbocycles. The van der Waals surface area contributed by atoms with Gasteiger partial charge in [-0.3, -0.25) is 9.36 Å². The summed E-state index contributed by atoms with van der Waals surface area (Å²) in [4.78, 5) is 16.7. The molecule has 0 unspecified atom stereocenters. The number of aromatic nitrogens is 2. The Bertz CT molecular complexity index is 961. The lowest BCUT2D eigenvalue weighted by Gasteiger charge is -2.18. The molecule has 3 aromatic rings. The topological polar surface area (TPSA) is 59.3 Å². The summed E-state index contributed by atoms with van der Waals surface area (Å²) in [6.07, 6.45) is 3.46. The summed E-state index contributed by atoms with van der Waals surface area (Å²) in [7, 11) is 0. The summed E-state index contributed by atoms with van der Waals surface area (Å²) in [5.41, 5.74) is 7.51. The van der Waals surface area contributed by atoms with Crippen LogP contribution in [0, 0.1) is 13.8 Å². The number of benzene rings is 1. The van der Waals surface area contributed by atoms with Gasteiger partial charge in [0.15, 0.2) is 5.13 Å². The summed E-state index contributed by atoms with van der Waals surface area (Å²) in [6.45, 7) is 10.5. The van der Waals surface area contributed by atoms with Crippen LogP contribution in [0.3, 0.4) is 0 Å². The molecule has 6 heteroatoms. The van der Waals surface area contributed by atoms with Gasteiger partial charge in [0.25, 0.3) is 5.91 Å². The first-order valence-corrected chi connectivity index (χ1v) is 9.68. The Morgan fingerprint density at radius 3 is 2.52 bits per heavy atom. The first kappa shape index (κ1) is 19.0. The number of amides is 1. The lowest BCUT2D eigenvalue weighted by Crippen LogP contribution is -2.18. The van der Waals surface area contributed by atoms with Gasteiger partial charge in [0.1, 0.15) is 0 Å². The number of hydrazone groups is 1. The number of thiazole rings is 1. The van der Waals surface area contributed by atoms with E-state index in [2.05, 4.69) is 40.8 Å². The molecule has 0 fully saturated rings. The minimum atomic E-state index is -0.222. The number of hydrogen-bond acceptors (Lipinski definition) is 4. The van der Waals surface area contributed by atoms with Crippen LogP contribution in [0.5, 0.6) is 0 Å². The van der Waals surface area contributed by atoms with Gasteiger partial charge in [0, 0.05) is 34.1 Å². The van der Waals surface area contributed by atoms with Crippen molar-refractivity contribution in [1.82, 2.24) is 15.0 Å². The Morgan fingerprint density at radius 2 is 1.93 bits per heavy atom. The largest absolute Gasteiger partial charge is 0.294 e. The second-order valence-corrected chi connectivity index (χ2v) is 8.38. The average Bonchev–Trinajstić information content (AvgIpc) is 3.22. The second kappa shape index (κ2) is 7.48. The van der Waals surface area contributed by atoms with E-state index in [0.717, 1.165) is 22.1 Å². The lowest BCUT2D eigenvalue weighted by atomic mass is 9.87. The van der Waals surface area contributed by atoms with Crippen LogP contribution < -0.4 is 5.43 Å². The number of hydrogen-bond donors (Lipinski definition) is 1. The van der Waals surface area contributed by atoms with E-state index in [0.29, 0.717) is 5.56 Å². The maximum atomic E-state index is 12.3. The Labute approximate surface area is 163 Å². The van der Waals surface area contributed by atoms with Gasteiger partial charge in [-0.25, -0.2) is 10.4 Å².